The molecule has 0 aliphatic carbocycles. The van der Waals surface area contributed by atoms with Gasteiger partial charge in [0.15, 0.2) is 0 Å². The Balaban J connectivity index is 0.735. The summed E-state index contributed by atoms with van der Waals surface area (Å²) in [6, 6.07) is 17.8. The zero-order chi connectivity index (χ0) is 49.5. The Bertz CT molecular complexity index is 2830. The SMILES string of the molecule is Cc1ncsc1-c1ccc(CNC(=O)[C@@H]2C[C@@H](O)CN2C(=O)[C@@H](NC(=O)CCCCCC(=O)NCCn2ncc3cc(C(=O)Nc4ccc5nc(CN6CCC[C@@H]6C)[nH]c5c4)ccc32)C(C)(C)C)cc1. The molecular formula is C52H65N11O6S. The molecule has 0 radical (unpaired) electrons. The van der Waals surface area contributed by atoms with Crippen molar-refractivity contribution in [3.8, 4) is 10.4 Å². The van der Waals surface area contributed by atoms with Gasteiger partial charge in [-0.15, -0.1) is 11.3 Å². The molecule has 0 bridgehead atoms. The molecule has 6 N–H and O–H groups in total. The average Bonchev–Trinajstić information content (AvgIpc) is 4.19. The number of rotatable bonds is 19. The third kappa shape index (κ3) is 12.3. The van der Waals surface area contributed by atoms with Gasteiger partial charge in [-0.2, -0.15) is 5.10 Å². The number of thiazole rings is 1. The van der Waals surface area contributed by atoms with Crippen molar-refractivity contribution in [1.29, 1.82) is 0 Å². The summed E-state index contributed by atoms with van der Waals surface area (Å²) in [4.78, 5) is 84.1. The molecule has 0 spiro atoms. The molecule has 5 heterocycles. The molecule has 2 fully saturated rings. The Morgan fingerprint density at radius 1 is 0.957 bits per heavy atom. The van der Waals surface area contributed by atoms with Gasteiger partial charge in [0.2, 0.25) is 23.6 Å². The predicted molar refractivity (Wildman–Crippen MR) is 271 cm³/mol. The molecule has 4 atom stereocenters. The molecular weight excluding hydrogens is 907 g/mol. The molecule has 70 heavy (non-hydrogen) atoms. The van der Waals surface area contributed by atoms with Gasteiger partial charge in [-0.05, 0) is 99.0 Å². The van der Waals surface area contributed by atoms with Gasteiger partial charge in [0, 0.05) is 61.6 Å². The minimum atomic E-state index is -0.917. The van der Waals surface area contributed by atoms with Gasteiger partial charge in [-0.3, -0.25) is 33.6 Å². The fourth-order valence-corrected chi connectivity index (χ4v) is 10.2. The molecule has 18 heteroatoms. The van der Waals surface area contributed by atoms with E-state index < -0.39 is 29.5 Å². The van der Waals surface area contributed by atoms with Crippen molar-refractivity contribution in [3.63, 3.8) is 0 Å². The molecule has 3 aromatic carbocycles. The molecule has 6 aromatic rings. The predicted octanol–water partition coefficient (Wildman–Crippen LogP) is 6.46. The third-order valence-electron chi connectivity index (χ3n) is 13.4. The summed E-state index contributed by atoms with van der Waals surface area (Å²) >= 11 is 1.57. The topological polar surface area (TPSA) is 220 Å². The van der Waals surface area contributed by atoms with Gasteiger partial charge in [-0.25, -0.2) is 9.97 Å². The summed E-state index contributed by atoms with van der Waals surface area (Å²) in [7, 11) is 0. The molecule has 2 aliphatic rings. The molecule has 2 saturated heterocycles. The van der Waals surface area contributed by atoms with E-state index in [4.69, 9.17) is 4.98 Å². The van der Waals surface area contributed by atoms with Gasteiger partial charge in [0.25, 0.3) is 5.91 Å². The van der Waals surface area contributed by atoms with Crippen molar-refractivity contribution < 1.29 is 29.1 Å². The number of carbonyl (C=O) groups is 5. The van der Waals surface area contributed by atoms with Gasteiger partial charge in [-0.1, -0.05) is 51.5 Å². The number of amides is 5. The Labute approximate surface area is 412 Å². The number of imidazole rings is 1. The first-order valence-corrected chi connectivity index (χ1v) is 25.3. The number of aromatic nitrogens is 5. The number of unbranched alkanes of at least 4 members (excludes halogenated alkanes) is 2. The normalized spacial score (nSPS) is 17.8. The van der Waals surface area contributed by atoms with Crippen LogP contribution < -0.4 is 21.3 Å². The Hall–Kier alpha value is -6.50. The first kappa shape index (κ1) is 49.9. The largest absolute Gasteiger partial charge is 0.391 e. The number of anilines is 1. The number of likely N-dealkylation sites (tertiary alicyclic amines) is 2. The summed E-state index contributed by atoms with van der Waals surface area (Å²) < 4.78 is 1.80. The number of aryl methyl sites for hydroxylation is 1. The summed E-state index contributed by atoms with van der Waals surface area (Å²) in [6.45, 7) is 12.7. The molecule has 0 unspecified atom stereocenters. The minimum Gasteiger partial charge on any atom is -0.391 e. The van der Waals surface area contributed by atoms with Crippen LogP contribution in [0.1, 0.15) is 107 Å². The highest BCUT2D eigenvalue weighted by Gasteiger charge is 2.44. The number of fused-ring (bicyclic) bond motifs is 2. The first-order valence-electron chi connectivity index (χ1n) is 24.4. The van der Waals surface area contributed by atoms with E-state index in [1.807, 2.05) is 87.8 Å². The maximum atomic E-state index is 14.0. The Morgan fingerprint density at radius 2 is 1.74 bits per heavy atom. The highest BCUT2D eigenvalue weighted by atomic mass is 32.1. The number of aliphatic hydroxyl groups is 1. The zero-order valence-electron chi connectivity index (χ0n) is 40.7. The van der Waals surface area contributed by atoms with Crippen molar-refractivity contribution in [2.45, 2.75) is 130 Å². The van der Waals surface area contributed by atoms with Crippen LogP contribution in [0.5, 0.6) is 0 Å². The van der Waals surface area contributed by atoms with Crippen molar-refractivity contribution in [2.75, 3.05) is 25.0 Å². The molecule has 17 nitrogen and oxygen atoms in total. The van der Waals surface area contributed by atoms with E-state index in [0.717, 1.165) is 62.5 Å². The van der Waals surface area contributed by atoms with E-state index in [1.54, 1.807) is 28.3 Å². The van der Waals surface area contributed by atoms with Crippen LogP contribution >= 0.6 is 11.3 Å². The molecule has 0 saturated carbocycles. The third-order valence-corrected chi connectivity index (χ3v) is 14.4. The number of hydrogen-bond acceptors (Lipinski definition) is 11. The van der Waals surface area contributed by atoms with E-state index in [-0.39, 0.29) is 49.6 Å². The van der Waals surface area contributed by atoms with Gasteiger partial charge >= 0.3 is 0 Å². The lowest BCUT2D eigenvalue weighted by Crippen LogP contribution is -2.57. The van der Waals surface area contributed by atoms with Gasteiger partial charge in [0.1, 0.15) is 17.9 Å². The standard InChI is InChI=1S/C52H65N11O6S/c1-32-10-9-22-61(32)30-44-58-40-19-18-38(25-41(40)59-44)57-49(67)36-17-20-42-37(24-36)28-56-63(42)23-21-53-45(65)11-7-6-8-12-46(66)60-48(52(3,4)5)51(69)62-29-39(64)26-43(62)50(68)54-27-34-13-15-35(16-14-34)47-33(2)55-31-70-47/h13-20,24-25,28,31-32,39,43,48,64H,6-12,21-23,26-27,29-30H2,1-5H3,(H,53,65)(H,54,68)(H,57,67)(H,58,59)(H,60,66)/t32-,39+,43-,48+/m0/s1. The van der Waals surface area contributed by atoms with Crippen molar-refractivity contribution in [3.05, 3.63) is 95.0 Å². The summed E-state index contributed by atoms with van der Waals surface area (Å²) in [5, 5.41) is 27.7. The second kappa shape index (κ2) is 22.1. The lowest BCUT2D eigenvalue weighted by atomic mass is 9.85. The molecule has 5 amide bonds. The van der Waals surface area contributed by atoms with Crippen LogP contribution in [0.25, 0.3) is 32.4 Å². The highest BCUT2D eigenvalue weighted by molar-refractivity contribution is 7.13. The van der Waals surface area contributed by atoms with Gasteiger partial charge in [0.05, 0.1) is 58.0 Å². The maximum Gasteiger partial charge on any atom is 0.255 e. The average molecular weight is 972 g/mol. The number of nitrogens with zero attached hydrogens (tertiary/aromatic N) is 6. The smallest absolute Gasteiger partial charge is 0.255 e. The molecule has 370 valence electrons. The fourth-order valence-electron chi connectivity index (χ4n) is 9.40. The lowest BCUT2D eigenvalue weighted by Gasteiger charge is -2.35. The fraction of sp³-hybridized carbons (Fsp3) is 0.462. The van der Waals surface area contributed by atoms with E-state index in [1.165, 1.54) is 17.7 Å². The summed E-state index contributed by atoms with van der Waals surface area (Å²) in [5.41, 5.74) is 7.81. The number of nitrogens with one attached hydrogen (secondary N) is 5. The first-order chi connectivity index (χ1) is 33.6. The Kier molecular flexibility index (Phi) is 15.7. The van der Waals surface area contributed by atoms with E-state index in [0.29, 0.717) is 56.1 Å². The molecule has 8 rings (SSSR count). The summed E-state index contributed by atoms with van der Waals surface area (Å²) in [5.74, 6) is -0.479. The Morgan fingerprint density at radius 3 is 2.47 bits per heavy atom. The van der Waals surface area contributed by atoms with Crippen LogP contribution in [0.3, 0.4) is 0 Å². The summed E-state index contributed by atoms with van der Waals surface area (Å²) in [6.07, 6.45) is 5.59. The van der Waals surface area contributed by atoms with E-state index >= 15 is 0 Å². The van der Waals surface area contributed by atoms with Crippen LogP contribution in [0, 0.1) is 12.3 Å². The van der Waals surface area contributed by atoms with E-state index in [9.17, 15) is 29.1 Å². The van der Waals surface area contributed by atoms with Crippen LogP contribution in [0.15, 0.2) is 72.4 Å². The molecule has 2 aliphatic heterocycles. The van der Waals surface area contributed by atoms with Crippen LogP contribution in [-0.2, 0) is 38.8 Å². The number of aromatic amines is 1. The van der Waals surface area contributed by atoms with Crippen molar-refractivity contribution >= 4 is 68.5 Å². The minimum absolute atomic E-state index is 0.00430. The second-order valence-corrected chi connectivity index (χ2v) is 20.7. The second-order valence-electron chi connectivity index (χ2n) is 19.8. The lowest BCUT2D eigenvalue weighted by molar-refractivity contribution is -0.144. The van der Waals surface area contributed by atoms with Crippen molar-refractivity contribution in [2.24, 2.45) is 5.41 Å². The van der Waals surface area contributed by atoms with Crippen LogP contribution in [0.4, 0.5) is 5.69 Å². The highest BCUT2D eigenvalue weighted by Crippen LogP contribution is 2.29. The number of hydrogen-bond donors (Lipinski definition) is 6. The number of benzene rings is 3. The zero-order valence-corrected chi connectivity index (χ0v) is 41.5. The number of H-pyrrole nitrogens is 1. The molecule has 3 aromatic heterocycles. The van der Waals surface area contributed by atoms with Crippen LogP contribution in [-0.4, -0.2) is 113 Å². The van der Waals surface area contributed by atoms with Crippen molar-refractivity contribution in [1.82, 2.24) is 50.5 Å². The quantitative estimate of drug-likeness (QED) is 0.0487. The van der Waals surface area contributed by atoms with Crippen LogP contribution in [0.2, 0.25) is 0 Å². The monoisotopic (exact) mass is 971 g/mol. The number of aliphatic hydroxyl groups excluding tert-OH is 1. The van der Waals surface area contributed by atoms with Gasteiger partial charge < -0.3 is 36.3 Å². The number of carbonyl (C=O) groups excluding carboxylic acids is 5. The van der Waals surface area contributed by atoms with E-state index in [2.05, 4.69) is 48.2 Å². The maximum absolute atomic E-state index is 14.0. The number of β-amino-alcohol motifs (C(OH)–C–C–N with tert-alkyl or cyclic N) is 1.